The largest absolute Gasteiger partial charge is 0.392 e. The van der Waals surface area contributed by atoms with Crippen LogP contribution in [-0.4, -0.2) is 34.0 Å². The number of carbonyl (C=O) groups is 1. The molecule has 0 spiro atoms. The third-order valence-corrected chi connectivity index (χ3v) is 5.35. The van der Waals surface area contributed by atoms with Crippen molar-refractivity contribution in [3.8, 4) is 0 Å². The number of carbonyl (C=O) groups excluding carboxylic acids is 1. The van der Waals surface area contributed by atoms with Crippen LogP contribution in [0.25, 0.3) is 10.9 Å². The standard InChI is InChI=1S/C22H24N2O2/c25-15-18-5-3-4-16(11-18)10-17-8-9-24(14-17)22(26)12-19-13-23-21-7-2-1-6-20(19)21/h1-7,11,13,17,23,25H,8-10,12,14-15H2/t17-/m1/s1. The van der Waals surface area contributed by atoms with E-state index in [1.165, 1.54) is 5.56 Å². The molecule has 1 aliphatic heterocycles. The van der Waals surface area contributed by atoms with Gasteiger partial charge in [0.25, 0.3) is 0 Å². The second-order valence-corrected chi connectivity index (χ2v) is 7.21. The fourth-order valence-corrected chi connectivity index (χ4v) is 3.97. The van der Waals surface area contributed by atoms with E-state index in [-0.39, 0.29) is 12.5 Å². The van der Waals surface area contributed by atoms with Gasteiger partial charge in [-0.25, -0.2) is 0 Å². The molecule has 2 aromatic carbocycles. The summed E-state index contributed by atoms with van der Waals surface area (Å²) < 4.78 is 0. The number of aliphatic hydroxyl groups is 1. The highest BCUT2D eigenvalue weighted by atomic mass is 16.3. The number of nitrogens with zero attached hydrogens (tertiary/aromatic N) is 1. The molecule has 2 heterocycles. The average Bonchev–Trinajstić information content (AvgIpc) is 3.29. The minimum atomic E-state index is 0.0771. The fraction of sp³-hybridized carbons (Fsp3) is 0.318. The van der Waals surface area contributed by atoms with Gasteiger partial charge in [0.2, 0.25) is 5.91 Å². The number of rotatable bonds is 5. The van der Waals surface area contributed by atoms with Crippen LogP contribution in [0.5, 0.6) is 0 Å². The zero-order chi connectivity index (χ0) is 17.9. The number of likely N-dealkylation sites (tertiary alicyclic amines) is 1. The highest BCUT2D eigenvalue weighted by Crippen LogP contribution is 2.24. The van der Waals surface area contributed by atoms with Crippen molar-refractivity contribution in [3.63, 3.8) is 0 Å². The summed E-state index contributed by atoms with van der Waals surface area (Å²) >= 11 is 0. The number of benzene rings is 2. The Balaban J connectivity index is 1.38. The maximum atomic E-state index is 12.7. The molecule has 4 rings (SSSR count). The summed E-state index contributed by atoms with van der Waals surface area (Å²) in [6.45, 7) is 1.74. The van der Waals surface area contributed by atoms with Crippen LogP contribution < -0.4 is 0 Å². The molecule has 0 bridgehead atoms. The van der Waals surface area contributed by atoms with Crippen LogP contribution in [0, 0.1) is 5.92 Å². The summed E-state index contributed by atoms with van der Waals surface area (Å²) in [5.41, 5.74) is 4.35. The van der Waals surface area contributed by atoms with Gasteiger partial charge in [-0.15, -0.1) is 0 Å². The highest BCUT2D eigenvalue weighted by molar-refractivity contribution is 5.88. The molecule has 4 nitrogen and oxygen atoms in total. The molecule has 26 heavy (non-hydrogen) atoms. The molecule has 1 fully saturated rings. The molecule has 4 heteroatoms. The summed E-state index contributed by atoms with van der Waals surface area (Å²) in [6.07, 6.45) is 4.42. The number of para-hydroxylation sites is 1. The van der Waals surface area contributed by atoms with Gasteiger partial charge < -0.3 is 15.0 Å². The summed E-state index contributed by atoms with van der Waals surface area (Å²) in [5.74, 6) is 0.706. The van der Waals surface area contributed by atoms with Crippen molar-refractivity contribution in [2.24, 2.45) is 5.92 Å². The van der Waals surface area contributed by atoms with Gasteiger partial charge in [0.15, 0.2) is 0 Å². The van der Waals surface area contributed by atoms with E-state index in [1.54, 1.807) is 0 Å². The van der Waals surface area contributed by atoms with Crippen molar-refractivity contribution in [2.45, 2.75) is 25.9 Å². The van der Waals surface area contributed by atoms with Crippen molar-refractivity contribution >= 4 is 16.8 Å². The molecular weight excluding hydrogens is 324 g/mol. The van der Waals surface area contributed by atoms with Crippen LogP contribution in [0.4, 0.5) is 0 Å². The molecule has 1 aliphatic rings. The number of hydrogen-bond donors (Lipinski definition) is 2. The van der Waals surface area contributed by atoms with Crippen molar-refractivity contribution < 1.29 is 9.90 Å². The van der Waals surface area contributed by atoms with E-state index in [0.29, 0.717) is 12.3 Å². The number of H-pyrrole nitrogens is 1. The molecule has 2 N–H and O–H groups in total. The number of hydrogen-bond acceptors (Lipinski definition) is 2. The van der Waals surface area contributed by atoms with Gasteiger partial charge in [0.1, 0.15) is 0 Å². The van der Waals surface area contributed by atoms with Gasteiger partial charge in [-0.2, -0.15) is 0 Å². The Morgan fingerprint density at radius 2 is 2.00 bits per heavy atom. The molecule has 134 valence electrons. The Morgan fingerprint density at radius 3 is 2.88 bits per heavy atom. The summed E-state index contributed by atoms with van der Waals surface area (Å²) in [4.78, 5) is 18.0. The first-order chi connectivity index (χ1) is 12.7. The van der Waals surface area contributed by atoms with Crippen molar-refractivity contribution in [3.05, 3.63) is 71.4 Å². The minimum absolute atomic E-state index is 0.0771. The number of fused-ring (bicyclic) bond motifs is 1. The predicted octanol–water partition coefficient (Wildman–Crippen LogP) is 3.29. The molecule has 0 unspecified atom stereocenters. The van der Waals surface area contributed by atoms with Crippen molar-refractivity contribution in [1.29, 1.82) is 0 Å². The predicted molar refractivity (Wildman–Crippen MR) is 103 cm³/mol. The first-order valence-electron chi connectivity index (χ1n) is 9.24. The van der Waals surface area contributed by atoms with Crippen LogP contribution in [0.15, 0.2) is 54.7 Å². The van der Waals surface area contributed by atoms with Gasteiger partial charge in [0, 0.05) is 30.2 Å². The second-order valence-electron chi connectivity index (χ2n) is 7.21. The summed E-state index contributed by atoms with van der Waals surface area (Å²) in [7, 11) is 0. The molecule has 0 saturated carbocycles. The Hall–Kier alpha value is -2.59. The number of amides is 1. The van der Waals surface area contributed by atoms with Crippen LogP contribution in [0.1, 0.15) is 23.1 Å². The van der Waals surface area contributed by atoms with E-state index >= 15 is 0 Å². The van der Waals surface area contributed by atoms with Crippen molar-refractivity contribution in [2.75, 3.05) is 13.1 Å². The highest BCUT2D eigenvalue weighted by Gasteiger charge is 2.26. The third kappa shape index (κ3) is 3.51. The number of nitrogens with one attached hydrogen (secondary N) is 1. The summed E-state index contributed by atoms with van der Waals surface area (Å²) in [5, 5.41) is 10.4. The molecule has 1 saturated heterocycles. The maximum Gasteiger partial charge on any atom is 0.227 e. The first-order valence-corrected chi connectivity index (χ1v) is 9.24. The lowest BCUT2D eigenvalue weighted by Crippen LogP contribution is -2.30. The van der Waals surface area contributed by atoms with E-state index in [0.717, 1.165) is 48.0 Å². The van der Waals surface area contributed by atoms with Crippen LogP contribution in [0.2, 0.25) is 0 Å². The Morgan fingerprint density at radius 1 is 1.15 bits per heavy atom. The van der Waals surface area contributed by atoms with Crippen LogP contribution in [-0.2, 0) is 24.2 Å². The number of aromatic amines is 1. The molecule has 0 aliphatic carbocycles. The summed E-state index contributed by atoms with van der Waals surface area (Å²) in [6, 6.07) is 16.2. The lowest BCUT2D eigenvalue weighted by Gasteiger charge is -2.16. The number of aromatic nitrogens is 1. The maximum absolute atomic E-state index is 12.7. The lowest BCUT2D eigenvalue weighted by molar-refractivity contribution is -0.129. The van der Waals surface area contributed by atoms with Gasteiger partial charge in [-0.05, 0) is 41.5 Å². The molecule has 3 aromatic rings. The smallest absolute Gasteiger partial charge is 0.227 e. The van der Waals surface area contributed by atoms with Crippen LogP contribution in [0.3, 0.4) is 0 Å². The molecular formula is C22H24N2O2. The van der Waals surface area contributed by atoms with Crippen molar-refractivity contribution in [1.82, 2.24) is 9.88 Å². The molecule has 1 amide bonds. The van der Waals surface area contributed by atoms with Gasteiger partial charge in [-0.3, -0.25) is 4.79 Å². The molecule has 1 atom stereocenters. The Labute approximate surface area is 153 Å². The van der Waals surface area contributed by atoms with E-state index in [9.17, 15) is 9.90 Å². The zero-order valence-electron chi connectivity index (χ0n) is 14.8. The van der Waals surface area contributed by atoms with E-state index in [4.69, 9.17) is 0 Å². The van der Waals surface area contributed by atoms with E-state index in [2.05, 4.69) is 23.2 Å². The lowest BCUT2D eigenvalue weighted by atomic mass is 9.97. The molecule has 1 aromatic heterocycles. The third-order valence-electron chi connectivity index (χ3n) is 5.35. The normalized spacial score (nSPS) is 17.1. The van der Waals surface area contributed by atoms with Crippen LogP contribution >= 0.6 is 0 Å². The van der Waals surface area contributed by atoms with E-state index in [1.807, 2.05) is 41.4 Å². The zero-order valence-corrected chi connectivity index (χ0v) is 14.8. The SMILES string of the molecule is O=C(Cc1c[nH]c2ccccc12)N1CC[C@H](Cc2cccc(CO)c2)C1. The fourth-order valence-electron chi connectivity index (χ4n) is 3.97. The monoisotopic (exact) mass is 348 g/mol. The quantitative estimate of drug-likeness (QED) is 0.743. The topological polar surface area (TPSA) is 56.3 Å². The van der Waals surface area contributed by atoms with Gasteiger partial charge in [0.05, 0.1) is 13.0 Å². The second kappa shape index (κ2) is 7.34. The first kappa shape index (κ1) is 16.9. The number of aliphatic hydroxyl groups excluding tert-OH is 1. The Kier molecular flexibility index (Phi) is 4.76. The molecule has 0 radical (unpaired) electrons. The Bertz CT molecular complexity index is 915. The van der Waals surface area contributed by atoms with E-state index < -0.39 is 0 Å². The average molecular weight is 348 g/mol. The minimum Gasteiger partial charge on any atom is -0.392 e. The van der Waals surface area contributed by atoms with Gasteiger partial charge >= 0.3 is 0 Å². The van der Waals surface area contributed by atoms with Gasteiger partial charge in [-0.1, -0.05) is 42.5 Å².